The van der Waals surface area contributed by atoms with Crippen LogP contribution in [0.1, 0.15) is 5.56 Å². The van der Waals surface area contributed by atoms with E-state index >= 15 is 0 Å². The molecule has 152 valence electrons. The van der Waals surface area contributed by atoms with Crippen molar-refractivity contribution in [1.82, 2.24) is 19.4 Å². The molecule has 2 heterocycles. The maximum absolute atomic E-state index is 13.4. The summed E-state index contributed by atoms with van der Waals surface area (Å²) in [6.07, 6.45) is 0. The summed E-state index contributed by atoms with van der Waals surface area (Å²) < 4.78 is 15.5. The van der Waals surface area contributed by atoms with Gasteiger partial charge in [0.1, 0.15) is 17.4 Å². The smallest absolute Gasteiger partial charge is 0.323 e. The van der Waals surface area contributed by atoms with Gasteiger partial charge in [0, 0.05) is 4.90 Å². The predicted molar refractivity (Wildman–Crippen MR) is 113 cm³/mol. The molecule has 0 unspecified atom stereocenters. The normalized spacial score (nSPS) is 11.0. The van der Waals surface area contributed by atoms with Crippen LogP contribution < -0.4 is 11.0 Å². The van der Waals surface area contributed by atoms with Gasteiger partial charge in [0.2, 0.25) is 5.91 Å². The number of halogens is 2. The molecule has 0 fully saturated rings. The molecule has 0 radical (unpaired) electrons. The van der Waals surface area contributed by atoms with Gasteiger partial charge in [0.25, 0.3) is 0 Å². The molecule has 7 nitrogen and oxygen atoms in total. The van der Waals surface area contributed by atoms with Gasteiger partial charge in [0.05, 0.1) is 10.7 Å². The summed E-state index contributed by atoms with van der Waals surface area (Å²) in [6.45, 7) is 1.60. The zero-order valence-corrected chi connectivity index (χ0v) is 17.2. The van der Waals surface area contributed by atoms with Gasteiger partial charge in [-0.3, -0.25) is 4.79 Å². The van der Waals surface area contributed by atoms with E-state index in [1.807, 2.05) is 13.0 Å². The SMILES string of the molecule is Cc1ccc(NC(=O)Cn2nc3ccc(Sc4cccc(F)c4)nn3c2=O)c(Cl)c1. The minimum atomic E-state index is -0.558. The molecule has 0 aliphatic heterocycles. The molecule has 0 aliphatic rings. The third kappa shape index (κ3) is 4.37. The van der Waals surface area contributed by atoms with Crippen molar-refractivity contribution in [1.29, 1.82) is 0 Å². The third-order valence-corrected chi connectivity index (χ3v) is 5.36. The first kappa shape index (κ1) is 20.1. The van der Waals surface area contributed by atoms with Gasteiger partial charge in [-0.05, 0) is 55.0 Å². The Balaban J connectivity index is 1.54. The second-order valence-electron chi connectivity index (χ2n) is 6.47. The molecule has 30 heavy (non-hydrogen) atoms. The van der Waals surface area contributed by atoms with E-state index in [1.54, 1.807) is 36.4 Å². The molecular formula is C20H15ClFN5O2S. The van der Waals surface area contributed by atoms with E-state index in [9.17, 15) is 14.0 Å². The van der Waals surface area contributed by atoms with Crippen LogP contribution in [0.2, 0.25) is 5.02 Å². The van der Waals surface area contributed by atoms with Crippen molar-refractivity contribution in [3.63, 3.8) is 0 Å². The quantitative estimate of drug-likeness (QED) is 0.507. The molecule has 0 spiro atoms. The second-order valence-corrected chi connectivity index (χ2v) is 7.97. The van der Waals surface area contributed by atoms with Crippen LogP contribution in [0.5, 0.6) is 0 Å². The van der Waals surface area contributed by atoms with Gasteiger partial charge in [-0.25, -0.2) is 13.9 Å². The van der Waals surface area contributed by atoms with Gasteiger partial charge in [-0.2, -0.15) is 9.61 Å². The topological polar surface area (TPSA) is 81.3 Å². The molecular weight excluding hydrogens is 429 g/mol. The van der Waals surface area contributed by atoms with Crippen LogP contribution >= 0.6 is 23.4 Å². The molecule has 0 atom stereocenters. The summed E-state index contributed by atoms with van der Waals surface area (Å²) in [6, 6.07) is 14.6. The monoisotopic (exact) mass is 443 g/mol. The largest absolute Gasteiger partial charge is 0.367 e. The maximum Gasteiger partial charge on any atom is 0.367 e. The highest BCUT2D eigenvalue weighted by Crippen LogP contribution is 2.26. The predicted octanol–water partition coefficient (Wildman–Crippen LogP) is 3.78. The Morgan fingerprint density at radius 1 is 1.17 bits per heavy atom. The van der Waals surface area contributed by atoms with E-state index in [0.29, 0.717) is 26.3 Å². The van der Waals surface area contributed by atoms with E-state index in [0.717, 1.165) is 14.8 Å². The van der Waals surface area contributed by atoms with Crippen molar-refractivity contribution in [3.05, 3.63) is 81.5 Å². The first-order chi connectivity index (χ1) is 14.4. The van der Waals surface area contributed by atoms with Gasteiger partial charge in [-0.15, -0.1) is 5.10 Å². The summed E-state index contributed by atoms with van der Waals surface area (Å²) in [4.78, 5) is 25.6. The molecule has 4 aromatic rings. The zero-order valence-electron chi connectivity index (χ0n) is 15.7. The summed E-state index contributed by atoms with van der Waals surface area (Å²) in [5.74, 6) is -0.800. The van der Waals surface area contributed by atoms with Gasteiger partial charge in [0.15, 0.2) is 5.65 Å². The lowest BCUT2D eigenvalue weighted by Gasteiger charge is -2.07. The molecule has 1 N–H and O–H groups in total. The highest BCUT2D eigenvalue weighted by Gasteiger charge is 2.14. The first-order valence-corrected chi connectivity index (χ1v) is 10.0. The fourth-order valence-electron chi connectivity index (χ4n) is 2.75. The van der Waals surface area contributed by atoms with Crippen LogP contribution in [0.25, 0.3) is 5.65 Å². The lowest BCUT2D eigenvalue weighted by atomic mass is 10.2. The molecule has 2 aromatic carbocycles. The number of aryl methyl sites for hydroxylation is 1. The fraction of sp³-hybridized carbons (Fsp3) is 0.100. The molecule has 10 heteroatoms. The molecule has 1 amide bonds. The minimum absolute atomic E-state index is 0.293. The van der Waals surface area contributed by atoms with E-state index in [4.69, 9.17) is 11.6 Å². The highest BCUT2D eigenvalue weighted by atomic mass is 35.5. The summed E-state index contributed by atoms with van der Waals surface area (Å²) in [5.41, 5.74) is 1.16. The number of nitrogens with one attached hydrogen (secondary N) is 1. The molecule has 4 rings (SSSR count). The standard InChI is InChI=1S/C20H15ClFN5O2S/c1-12-5-6-16(15(21)9-12)23-18(28)11-26-20(29)27-17(24-26)7-8-19(25-27)30-14-4-2-3-13(22)10-14/h2-10H,11H2,1H3,(H,23,28). The van der Waals surface area contributed by atoms with Crippen LogP contribution in [0.15, 0.2) is 69.3 Å². The fourth-order valence-corrected chi connectivity index (χ4v) is 3.85. The van der Waals surface area contributed by atoms with Crippen LogP contribution in [-0.4, -0.2) is 25.3 Å². The van der Waals surface area contributed by atoms with Crippen molar-refractivity contribution in [3.8, 4) is 0 Å². The number of fused-ring (bicyclic) bond motifs is 1. The van der Waals surface area contributed by atoms with E-state index in [2.05, 4.69) is 15.5 Å². The van der Waals surface area contributed by atoms with E-state index in [-0.39, 0.29) is 12.4 Å². The number of carbonyl (C=O) groups is 1. The summed E-state index contributed by atoms with van der Waals surface area (Å²) in [5, 5.41) is 11.9. The molecule has 0 aliphatic carbocycles. The Labute approximate surface area is 179 Å². The number of aromatic nitrogens is 4. The van der Waals surface area contributed by atoms with E-state index < -0.39 is 11.6 Å². The van der Waals surface area contributed by atoms with Crippen LogP contribution in [-0.2, 0) is 11.3 Å². The minimum Gasteiger partial charge on any atom is -0.323 e. The third-order valence-electron chi connectivity index (χ3n) is 4.13. The number of anilines is 1. The molecule has 0 bridgehead atoms. The van der Waals surface area contributed by atoms with Crippen molar-refractivity contribution in [2.75, 3.05) is 5.32 Å². The Morgan fingerprint density at radius 3 is 2.77 bits per heavy atom. The maximum atomic E-state index is 13.4. The summed E-state index contributed by atoms with van der Waals surface area (Å²) in [7, 11) is 0. The second kappa shape index (κ2) is 8.29. The lowest BCUT2D eigenvalue weighted by Crippen LogP contribution is -2.29. The Kier molecular flexibility index (Phi) is 5.56. The molecule has 2 aromatic heterocycles. The van der Waals surface area contributed by atoms with Gasteiger partial charge < -0.3 is 5.32 Å². The highest BCUT2D eigenvalue weighted by molar-refractivity contribution is 7.99. The van der Waals surface area contributed by atoms with Crippen molar-refractivity contribution in [2.24, 2.45) is 0 Å². The van der Waals surface area contributed by atoms with Gasteiger partial charge in [-0.1, -0.05) is 35.5 Å². The van der Waals surface area contributed by atoms with Gasteiger partial charge >= 0.3 is 5.69 Å². The lowest BCUT2D eigenvalue weighted by molar-refractivity contribution is -0.117. The van der Waals surface area contributed by atoms with Crippen molar-refractivity contribution in [2.45, 2.75) is 23.4 Å². The zero-order chi connectivity index (χ0) is 21.3. The first-order valence-electron chi connectivity index (χ1n) is 8.85. The van der Waals surface area contributed by atoms with Crippen LogP contribution in [0.4, 0.5) is 10.1 Å². The molecule has 0 saturated carbocycles. The number of rotatable bonds is 5. The number of nitrogens with zero attached hydrogens (tertiary/aromatic N) is 4. The number of amides is 1. The number of hydrogen-bond donors (Lipinski definition) is 1. The van der Waals surface area contributed by atoms with Crippen LogP contribution in [0, 0.1) is 12.7 Å². The average molecular weight is 444 g/mol. The summed E-state index contributed by atoms with van der Waals surface area (Å²) >= 11 is 7.34. The molecule has 0 saturated heterocycles. The average Bonchev–Trinajstić information content (AvgIpc) is 2.99. The van der Waals surface area contributed by atoms with Crippen molar-refractivity contribution < 1.29 is 9.18 Å². The number of carbonyl (C=O) groups excluding carboxylic acids is 1. The Morgan fingerprint density at radius 2 is 2.00 bits per heavy atom. The van der Waals surface area contributed by atoms with Crippen LogP contribution in [0.3, 0.4) is 0 Å². The van der Waals surface area contributed by atoms with Crippen molar-refractivity contribution >= 4 is 40.6 Å². The van der Waals surface area contributed by atoms with E-state index in [1.165, 1.54) is 23.9 Å². The number of hydrogen-bond acceptors (Lipinski definition) is 5. The Hall–Kier alpha value is -3.17. The number of benzene rings is 2. The Bertz CT molecular complexity index is 1320.